The van der Waals surface area contributed by atoms with E-state index in [0.717, 1.165) is 30.5 Å². The molecule has 0 aliphatic carbocycles. The Bertz CT molecular complexity index is 625. The molecule has 2 rings (SSSR count). The van der Waals surface area contributed by atoms with Crippen molar-refractivity contribution in [2.45, 2.75) is 32.9 Å². The Morgan fingerprint density at radius 2 is 2.09 bits per heavy atom. The minimum atomic E-state index is -0.314. The van der Waals surface area contributed by atoms with Gasteiger partial charge in [0, 0.05) is 25.7 Å². The molecule has 124 valence electrons. The number of nitrogens with zero attached hydrogens (tertiary/aromatic N) is 3. The quantitative estimate of drug-likeness (QED) is 0.852. The average molecular weight is 316 g/mol. The first kappa shape index (κ1) is 16.9. The number of hydrogen-bond acceptors (Lipinski definition) is 4. The molecule has 6 nitrogen and oxygen atoms in total. The van der Waals surface area contributed by atoms with Crippen molar-refractivity contribution in [3.63, 3.8) is 0 Å². The summed E-state index contributed by atoms with van der Waals surface area (Å²) < 4.78 is 7.05. The molecule has 0 atom stereocenters. The highest BCUT2D eigenvalue weighted by Gasteiger charge is 2.11. The third-order valence-corrected chi connectivity index (χ3v) is 3.72. The Hall–Kier alpha value is -2.50. The Kier molecular flexibility index (Phi) is 6.02. The molecule has 1 aromatic carbocycles. The van der Waals surface area contributed by atoms with E-state index in [1.807, 2.05) is 37.3 Å². The average Bonchev–Trinajstić information content (AvgIpc) is 2.93. The van der Waals surface area contributed by atoms with Crippen LogP contribution in [0.25, 0.3) is 0 Å². The number of nitrogens with two attached hydrogens (primary N) is 1. The first-order chi connectivity index (χ1) is 11.1. The Morgan fingerprint density at radius 1 is 1.35 bits per heavy atom. The zero-order valence-corrected chi connectivity index (χ0v) is 13.7. The highest BCUT2D eigenvalue weighted by molar-refractivity contribution is 5.67. The van der Waals surface area contributed by atoms with Gasteiger partial charge in [-0.25, -0.2) is 4.79 Å². The van der Waals surface area contributed by atoms with Crippen LogP contribution in [0.1, 0.15) is 24.5 Å². The van der Waals surface area contributed by atoms with Crippen molar-refractivity contribution in [3.05, 3.63) is 47.7 Å². The van der Waals surface area contributed by atoms with Crippen LogP contribution in [0.2, 0.25) is 0 Å². The van der Waals surface area contributed by atoms with Gasteiger partial charge in [0.05, 0.1) is 6.20 Å². The molecule has 0 aliphatic rings. The summed E-state index contributed by atoms with van der Waals surface area (Å²) in [4.78, 5) is 13.5. The van der Waals surface area contributed by atoms with E-state index in [1.54, 1.807) is 22.8 Å². The molecule has 1 amide bonds. The molecule has 2 N–H and O–H groups in total. The largest absolute Gasteiger partial charge is 0.445 e. The summed E-state index contributed by atoms with van der Waals surface area (Å²) in [6, 6.07) is 9.65. The summed E-state index contributed by atoms with van der Waals surface area (Å²) in [6.45, 7) is 3.67. The molecule has 2 aromatic rings. The highest BCUT2D eigenvalue weighted by Crippen LogP contribution is 2.13. The van der Waals surface area contributed by atoms with Gasteiger partial charge in [-0.3, -0.25) is 4.68 Å². The van der Waals surface area contributed by atoms with Gasteiger partial charge in [-0.1, -0.05) is 30.3 Å². The van der Waals surface area contributed by atoms with Gasteiger partial charge in [-0.05, 0) is 25.3 Å². The smallest absolute Gasteiger partial charge is 0.409 e. The number of amides is 1. The van der Waals surface area contributed by atoms with Crippen molar-refractivity contribution in [1.82, 2.24) is 14.7 Å². The van der Waals surface area contributed by atoms with Gasteiger partial charge in [0.15, 0.2) is 0 Å². The van der Waals surface area contributed by atoms with E-state index in [9.17, 15) is 4.79 Å². The van der Waals surface area contributed by atoms with Crippen molar-refractivity contribution in [3.8, 4) is 0 Å². The first-order valence-electron chi connectivity index (χ1n) is 7.83. The lowest BCUT2D eigenvalue weighted by molar-refractivity contribution is 0.104. The second-order valence-corrected chi connectivity index (χ2v) is 5.44. The van der Waals surface area contributed by atoms with E-state index in [-0.39, 0.29) is 6.09 Å². The van der Waals surface area contributed by atoms with E-state index >= 15 is 0 Å². The maximum absolute atomic E-state index is 11.9. The molecule has 0 bridgehead atoms. The standard InChI is InChI=1S/C17H24N4O2/c1-3-21-16(18)15(12-19-21)10-7-11-20(2)17(22)23-13-14-8-5-4-6-9-14/h4-6,8-9,12H,3,7,10-11,13,18H2,1-2H3. The molecule has 0 saturated heterocycles. The molecule has 0 spiro atoms. The van der Waals surface area contributed by atoms with Crippen LogP contribution in [0.5, 0.6) is 0 Å². The highest BCUT2D eigenvalue weighted by atomic mass is 16.6. The number of carbonyl (C=O) groups excluding carboxylic acids is 1. The van der Waals surface area contributed by atoms with Crippen molar-refractivity contribution in [2.75, 3.05) is 19.3 Å². The van der Waals surface area contributed by atoms with E-state index in [2.05, 4.69) is 5.10 Å². The molecular weight excluding hydrogens is 292 g/mol. The van der Waals surface area contributed by atoms with E-state index in [4.69, 9.17) is 10.5 Å². The van der Waals surface area contributed by atoms with Gasteiger partial charge in [0.2, 0.25) is 0 Å². The summed E-state index contributed by atoms with van der Waals surface area (Å²) >= 11 is 0. The van der Waals surface area contributed by atoms with Crippen LogP contribution in [-0.2, 0) is 24.3 Å². The molecule has 1 aromatic heterocycles. The van der Waals surface area contributed by atoms with Crippen LogP contribution in [0.15, 0.2) is 36.5 Å². The normalized spacial score (nSPS) is 10.5. The SMILES string of the molecule is CCn1ncc(CCCN(C)C(=O)OCc2ccccc2)c1N. The first-order valence-corrected chi connectivity index (χ1v) is 7.83. The number of ether oxygens (including phenoxy) is 1. The molecule has 0 saturated carbocycles. The van der Waals surface area contributed by atoms with Gasteiger partial charge >= 0.3 is 6.09 Å². The molecule has 23 heavy (non-hydrogen) atoms. The van der Waals surface area contributed by atoms with Crippen molar-refractivity contribution in [2.24, 2.45) is 0 Å². The number of aromatic nitrogens is 2. The maximum Gasteiger partial charge on any atom is 0.409 e. The molecular formula is C17H24N4O2. The lowest BCUT2D eigenvalue weighted by Crippen LogP contribution is -2.28. The van der Waals surface area contributed by atoms with Gasteiger partial charge in [0.25, 0.3) is 0 Å². The van der Waals surface area contributed by atoms with Crippen LogP contribution < -0.4 is 5.73 Å². The predicted octanol–water partition coefficient (Wildman–Crippen LogP) is 2.69. The Labute approximate surface area is 136 Å². The van der Waals surface area contributed by atoms with E-state index in [0.29, 0.717) is 19.0 Å². The zero-order chi connectivity index (χ0) is 16.7. The predicted molar refractivity (Wildman–Crippen MR) is 89.9 cm³/mol. The number of anilines is 1. The minimum Gasteiger partial charge on any atom is -0.445 e. The number of rotatable bonds is 7. The number of benzene rings is 1. The van der Waals surface area contributed by atoms with Crippen LogP contribution >= 0.6 is 0 Å². The summed E-state index contributed by atoms with van der Waals surface area (Å²) in [5.41, 5.74) is 8.00. The number of aryl methyl sites for hydroxylation is 2. The third-order valence-electron chi connectivity index (χ3n) is 3.72. The third kappa shape index (κ3) is 4.74. The van der Waals surface area contributed by atoms with Gasteiger partial charge < -0.3 is 15.4 Å². The van der Waals surface area contributed by atoms with Gasteiger partial charge in [-0.2, -0.15) is 5.10 Å². The molecule has 1 heterocycles. The van der Waals surface area contributed by atoms with Gasteiger partial charge in [-0.15, -0.1) is 0 Å². The van der Waals surface area contributed by atoms with Crippen LogP contribution in [0, 0.1) is 0 Å². The van der Waals surface area contributed by atoms with Crippen LogP contribution in [0.4, 0.5) is 10.6 Å². The number of carbonyl (C=O) groups is 1. The van der Waals surface area contributed by atoms with E-state index < -0.39 is 0 Å². The summed E-state index contributed by atoms with van der Waals surface area (Å²) in [7, 11) is 1.74. The summed E-state index contributed by atoms with van der Waals surface area (Å²) in [6.07, 6.45) is 3.09. The van der Waals surface area contributed by atoms with Crippen LogP contribution in [-0.4, -0.2) is 34.4 Å². The second kappa shape index (κ2) is 8.22. The Balaban J connectivity index is 1.72. The van der Waals surface area contributed by atoms with E-state index in [1.165, 1.54) is 0 Å². The second-order valence-electron chi connectivity index (χ2n) is 5.44. The number of nitrogen functional groups attached to an aromatic ring is 1. The fourth-order valence-corrected chi connectivity index (χ4v) is 2.31. The monoisotopic (exact) mass is 316 g/mol. The molecule has 0 fully saturated rings. The number of hydrogen-bond donors (Lipinski definition) is 1. The topological polar surface area (TPSA) is 73.4 Å². The fourth-order valence-electron chi connectivity index (χ4n) is 2.31. The molecule has 0 radical (unpaired) electrons. The summed E-state index contributed by atoms with van der Waals surface area (Å²) in [5, 5.41) is 4.22. The van der Waals surface area contributed by atoms with Crippen molar-refractivity contribution in [1.29, 1.82) is 0 Å². The fraction of sp³-hybridized carbons (Fsp3) is 0.412. The zero-order valence-electron chi connectivity index (χ0n) is 13.7. The lowest BCUT2D eigenvalue weighted by atomic mass is 10.2. The Morgan fingerprint density at radius 3 is 2.74 bits per heavy atom. The molecule has 0 unspecified atom stereocenters. The molecule has 0 aliphatic heterocycles. The summed E-state index contributed by atoms with van der Waals surface area (Å²) in [5.74, 6) is 0.710. The molecule has 6 heteroatoms. The van der Waals surface area contributed by atoms with Gasteiger partial charge in [0.1, 0.15) is 12.4 Å². The lowest BCUT2D eigenvalue weighted by Gasteiger charge is -2.16. The van der Waals surface area contributed by atoms with Crippen molar-refractivity contribution < 1.29 is 9.53 Å². The van der Waals surface area contributed by atoms with Crippen molar-refractivity contribution >= 4 is 11.9 Å². The van der Waals surface area contributed by atoms with Crippen LogP contribution in [0.3, 0.4) is 0 Å². The minimum absolute atomic E-state index is 0.292. The maximum atomic E-state index is 11.9.